The summed E-state index contributed by atoms with van der Waals surface area (Å²) in [6.45, 7) is 0.798. The molecule has 18 heavy (non-hydrogen) atoms. The summed E-state index contributed by atoms with van der Waals surface area (Å²) >= 11 is 0. The van der Waals surface area contributed by atoms with E-state index in [1.54, 1.807) is 6.20 Å². The quantitative estimate of drug-likeness (QED) is 0.631. The van der Waals surface area contributed by atoms with Gasteiger partial charge in [-0.15, -0.1) is 0 Å². The standard InChI is InChI=1S/C10H14N4O4/c15-6-7(9(16)17)12-10(18)14-4-3-13-2-1-11-8(13)5-14/h1-2,7,15H,3-6H2,(H,12,18)(H,16,17)/t7-/m1/s1. The minimum Gasteiger partial charge on any atom is -0.480 e. The second kappa shape index (κ2) is 5.05. The molecular formula is C10H14N4O4. The van der Waals surface area contributed by atoms with Crippen molar-refractivity contribution >= 4 is 12.0 Å². The minimum absolute atomic E-state index is 0.330. The third kappa shape index (κ3) is 2.43. The number of aliphatic hydroxyl groups excluding tert-OH is 1. The molecule has 2 heterocycles. The molecule has 1 aliphatic heterocycles. The van der Waals surface area contributed by atoms with Gasteiger partial charge in [0.2, 0.25) is 0 Å². The normalized spacial score (nSPS) is 15.9. The summed E-state index contributed by atoms with van der Waals surface area (Å²) in [6, 6.07) is -1.79. The average molecular weight is 254 g/mol. The Kier molecular flexibility index (Phi) is 3.47. The van der Waals surface area contributed by atoms with Crippen LogP contribution in [0.3, 0.4) is 0 Å². The van der Waals surface area contributed by atoms with Gasteiger partial charge < -0.3 is 25.0 Å². The number of nitrogens with one attached hydrogen (secondary N) is 1. The minimum atomic E-state index is -1.28. The van der Waals surface area contributed by atoms with Gasteiger partial charge in [-0.1, -0.05) is 0 Å². The Bertz CT molecular complexity index is 458. The highest BCUT2D eigenvalue weighted by Crippen LogP contribution is 2.10. The molecule has 0 saturated heterocycles. The van der Waals surface area contributed by atoms with Crippen LogP contribution in [0.15, 0.2) is 12.4 Å². The number of hydrogen-bond donors (Lipinski definition) is 3. The van der Waals surface area contributed by atoms with Crippen LogP contribution in [0.25, 0.3) is 0 Å². The van der Waals surface area contributed by atoms with Crippen LogP contribution in [0, 0.1) is 0 Å². The van der Waals surface area contributed by atoms with E-state index in [-0.39, 0.29) is 0 Å². The first-order chi connectivity index (χ1) is 8.61. The van der Waals surface area contributed by atoms with Crippen molar-refractivity contribution in [1.29, 1.82) is 0 Å². The molecule has 1 atom stereocenters. The Morgan fingerprint density at radius 2 is 2.28 bits per heavy atom. The monoisotopic (exact) mass is 254 g/mol. The molecule has 8 nitrogen and oxygen atoms in total. The maximum absolute atomic E-state index is 11.8. The molecule has 1 aromatic heterocycles. The lowest BCUT2D eigenvalue weighted by molar-refractivity contribution is -0.140. The summed E-state index contributed by atoms with van der Waals surface area (Å²) in [7, 11) is 0. The third-order valence-corrected chi connectivity index (χ3v) is 2.81. The van der Waals surface area contributed by atoms with E-state index >= 15 is 0 Å². The van der Waals surface area contributed by atoms with Gasteiger partial charge in [-0.25, -0.2) is 14.6 Å². The Balaban J connectivity index is 1.97. The van der Waals surface area contributed by atoms with Gasteiger partial charge in [0.15, 0.2) is 6.04 Å². The first-order valence-corrected chi connectivity index (χ1v) is 5.51. The van der Waals surface area contributed by atoms with Crippen LogP contribution >= 0.6 is 0 Å². The van der Waals surface area contributed by atoms with Crippen LogP contribution in [0.1, 0.15) is 5.82 Å². The molecule has 0 fully saturated rings. The zero-order chi connectivity index (χ0) is 13.1. The van der Waals surface area contributed by atoms with E-state index in [4.69, 9.17) is 10.2 Å². The number of aliphatic carboxylic acids is 1. The van der Waals surface area contributed by atoms with Crippen molar-refractivity contribution in [3.63, 3.8) is 0 Å². The first kappa shape index (κ1) is 12.4. The second-order valence-electron chi connectivity index (χ2n) is 3.98. The van der Waals surface area contributed by atoms with E-state index in [0.717, 1.165) is 5.82 Å². The predicted octanol–water partition coefficient (Wildman–Crippen LogP) is -1.15. The number of rotatable bonds is 3. The van der Waals surface area contributed by atoms with Crippen molar-refractivity contribution in [3.8, 4) is 0 Å². The SMILES string of the molecule is O=C(O)[C@@H](CO)NC(=O)N1CCn2ccnc2C1. The van der Waals surface area contributed by atoms with Gasteiger partial charge >= 0.3 is 12.0 Å². The number of hydrogen-bond acceptors (Lipinski definition) is 4. The Morgan fingerprint density at radius 3 is 2.94 bits per heavy atom. The maximum Gasteiger partial charge on any atom is 0.328 e. The van der Waals surface area contributed by atoms with Crippen molar-refractivity contribution in [2.75, 3.05) is 13.2 Å². The molecule has 2 amide bonds. The summed E-state index contributed by atoms with van der Waals surface area (Å²) in [5.74, 6) is -0.503. The number of urea groups is 1. The molecule has 0 aliphatic carbocycles. The molecule has 2 rings (SSSR count). The summed E-state index contributed by atoms with van der Waals surface area (Å²) in [4.78, 5) is 28.1. The van der Waals surface area contributed by atoms with E-state index in [1.807, 2.05) is 10.8 Å². The summed E-state index contributed by atoms with van der Waals surface area (Å²) in [5.41, 5.74) is 0. The third-order valence-electron chi connectivity index (χ3n) is 2.81. The molecule has 0 spiro atoms. The van der Waals surface area contributed by atoms with Gasteiger partial charge in [0.25, 0.3) is 0 Å². The van der Waals surface area contributed by atoms with Crippen LogP contribution in [-0.4, -0.2) is 55.9 Å². The fourth-order valence-electron chi connectivity index (χ4n) is 1.77. The van der Waals surface area contributed by atoms with Crippen LogP contribution in [-0.2, 0) is 17.9 Å². The lowest BCUT2D eigenvalue weighted by Gasteiger charge is -2.28. The van der Waals surface area contributed by atoms with Crippen LogP contribution in [0.4, 0.5) is 4.79 Å². The number of carboxylic acid groups (broad SMARTS) is 1. The molecule has 0 bridgehead atoms. The zero-order valence-corrected chi connectivity index (χ0v) is 9.61. The van der Waals surface area contributed by atoms with Crippen molar-refractivity contribution in [3.05, 3.63) is 18.2 Å². The number of aliphatic hydroxyl groups is 1. The summed E-state index contributed by atoms with van der Waals surface area (Å²) in [5, 5.41) is 19.8. The summed E-state index contributed by atoms with van der Waals surface area (Å²) < 4.78 is 1.94. The number of fused-ring (bicyclic) bond motifs is 1. The van der Waals surface area contributed by atoms with Crippen molar-refractivity contribution < 1.29 is 19.8 Å². The topological polar surface area (TPSA) is 108 Å². The fraction of sp³-hybridized carbons (Fsp3) is 0.500. The average Bonchev–Trinajstić information content (AvgIpc) is 2.82. The highest BCUT2D eigenvalue weighted by atomic mass is 16.4. The van der Waals surface area contributed by atoms with E-state index in [0.29, 0.717) is 19.6 Å². The van der Waals surface area contributed by atoms with Crippen molar-refractivity contribution in [2.24, 2.45) is 0 Å². The second-order valence-corrected chi connectivity index (χ2v) is 3.98. The number of carbonyl (C=O) groups is 2. The number of nitrogens with zero attached hydrogens (tertiary/aromatic N) is 3. The molecule has 1 aromatic rings. The van der Waals surface area contributed by atoms with E-state index in [9.17, 15) is 9.59 Å². The molecule has 8 heteroatoms. The van der Waals surface area contributed by atoms with Gasteiger partial charge in [0, 0.05) is 25.5 Å². The maximum atomic E-state index is 11.8. The van der Waals surface area contributed by atoms with Gasteiger partial charge in [-0.2, -0.15) is 0 Å². The van der Waals surface area contributed by atoms with Gasteiger partial charge in [0.05, 0.1) is 13.2 Å². The molecule has 0 saturated carbocycles. The molecule has 98 valence electrons. The van der Waals surface area contributed by atoms with Crippen LogP contribution < -0.4 is 5.32 Å². The Hall–Kier alpha value is -2.09. The Morgan fingerprint density at radius 1 is 1.50 bits per heavy atom. The van der Waals surface area contributed by atoms with E-state index in [1.165, 1.54) is 4.90 Å². The number of aromatic nitrogens is 2. The highest BCUT2D eigenvalue weighted by molar-refractivity contribution is 5.82. The van der Waals surface area contributed by atoms with Gasteiger partial charge in [-0.05, 0) is 0 Å². The van der Waals surface area contributed by atoms with E-state index < -0.39 is 24.6 Å². The number of carboxylic acids is 1. The zero-order valence-electron chi connectivity index (χ0n) is 9.61. The fourth-order valence-corrected chi connectivity index (χ4v) is 1.77. The molecule has 0 unspecified atom stereocenters. The number of imidazole rings is 1. The molecule has 1 aliphatic rings. The van der Waals surface area contributed by atoms with Crippen LogP contribution in [0.5, 0.6) is 0 Å². The molecular weight excluding hydrogens is 240 g/mol. The van der Waals surface area contributed by atoms with Crippen LogP contribution in [0.2, 0.25) is 0 Å². The lowest BCUT2D eigenvalue weighted by atomic mass is 10.3. The molecule has 0 aromatic carbocycles. The number of amides is 2. The van der Waals surface area contributed by atoms with Crippen molar-refractivity contribution in [1.82, 2.24) is 19.8 Å². The lowest BCUT2D eigenvalue weighted by Crippen LogP contribution is -2.51. The molecule has 0 radical (unpaired) electrons. The summed E-state index contributed by atoms with van der Waals surface area (Å²) in [6.07, 6.45) is 3.49. The smallest absolute Gasteiger partial charge is 0.328 e. The molecule has 3 N–H and O–H groups in total. The predicted molar refractivity (Wildman–Crippen MR) is 59.7 cm³/mol. The van der Waals surface area contributed by atoms with Gasteiger partial charge in [0.1, 0.15) is 5.82 Å². The Labute approximate surface area is 103 Å². The largest absolute Gasteiger partial charge is 0.480 e. The van der Waals surface area contributed by atoms with Crippen molar-refractivity contribution in [2.45, 2.75) is 19.1 Å². The van der Waals surface area contributed by atoms with Gasteiger partial charge in [-0.3, -0.25) is 0 Å². The number of carbonyl (C=O) groups excluding carboxylic acids is 1. The highest BCUT2D eigenvalue weighted by Gasteiger charge is 2.25. The first-order valence-electron chi connectivity index (χ1n) is 5.51. The van der Waals surface area contributed by atoms with E-state index in [2.05, 4.69) is 10.3 Å².